The molecule has 0 saturated carbocycles. The molecule has 0 atom stereocenters. The average Bonchev–Trinajstić information content (AvgIpc) is 2.38. The lowest BCUT2D eigenvalue weighted by Gasteiger charge is -2.04. The van der Waals surface area contributed by atoms with E-state index < -0.39 is 5.97 Å². The monoisotopic (exact) mass is 248 g/mol. The number of hydrogen-bond acceptors (Lipinski definition) is 5. The minimum Gasteiger partial charge on any atom is -0.497 e. The molecule has 1 aromatic carbocycles. The van der Waals surface area contributed by atoms with Gasteiger partial charge in [0.05, 0.1) is 19.1 Å². The van der Waals surface area contributed by atoms with Crippen molar-refractivity contribution < 1.29 is 18.7 Å². The summed E-state index contributed by atoms with van der Waals surface area (Å²) in [4.78, 5) is 23.3. The molecule has 0 amide bonds. The largest absolute Gasteiger partial charge is 0.497 e. The summed E-state index contributed by atoms with van der Waals surface area (Å²) >= 11 is 0. The number of esters is 1. The Balaban J connectivity index is 2.57. The van der Waals surface area contributed by atoms with Gasteiger partial charge in [-0.1, -0.05) is 0 Å². The summed E-state index contributed by atoms with van der Waals surface area (Å²) in [5.74, 6) is -0.189. The first kappa shape index (κ1) is 12.2. The summed E-state index contributed by atoms with van der Waals surface area (Å²) in [7, 11) is 1.51. The quantitative estimate of drug-likeness (QED) is 0.777. The van der Waals surface area contributed by atoms with Gasteiger partial charge in [0.25, 0.3) is 0 Å². The lowest BCUT2D eigenvalue weighted by Crippen LogP contribution is -2.10. The van der Waals surface area contributed by atoms with E-state index in [0.717, 1.165) is 6.07 Å². The summed E-state index contributed by atoms with van der Waals surface area (Å²) in [5, 5.41) is 0.363. The Labute approximate surface area is 103 Å². The first-order valence-corrected chi connectivity index (χ1v) is 5.44. The third-order valence-corrected chi connectivity index (χ3v) is 2.41. The van der Waals surface area contributed by atoms with Crippen molar-refractivity contribution in [3.8, 4) is 5.75 Å². The van der Waals surface area contributed by atoms with E-state index in [-0.39, 0.29) is 17.8 Å². The summed E-state index contributed by atoms with van der Waals surface area (Å²) in [6, 6.07) is 5.92. The molecule has 2 rings (SSSR count). The zero-order chi connectivity index (χ0) is 13.1. The predicted molar refractivity (Wildman–Crippen MR) is 65.0 cm³/mol. The molecular weight excluding hydrogens is 236 g/mol. The second kappa shape index (κ2) is 4.91. The van der Waals surface area contributed by atoms with Gasteiger partial charge < -0.3 is 13.9 Å². The highest BCUT2D eigenvalue weighted by molar-refractivity contribution is 5.89. The van der Waals surface area contributed by atoms with Gasteiger partial charge in [-0.3, -0.25) is 4.79 Å². The summed E-state index contributed by atoms with van der Waals surface area (Å²) in [6.45, 7) is 1.91. The van der Waals surface area contributed by atoms with E-state index in [9.17, 15) is 9.59 Å². The van der Waals surface area contributed by atoms with Crippen LogP contribution in [0.2, 0.25) is 0 Å². The van der Waals surface area contributed by atoms with Crippen LogP contribution in [0.1, 0.15) is 17.5 Å². The minimum absolute atomic E-state index is 0.0977. The van der Waals surface area contributed by atoms with Gasteiger partial charge in [0.15, 0.2) is 5.43 Å². The zero-order valence-corrected chi connectivity index (χ0v) is 10.1. The van der Waals surface area contributed by atoms with Gasteiger partial charge >= 0.3 is 5.97 Å². The molecule has 0 bridgehead atoms. The highest BCUT2D eigenvalue weighted by Gasteiger charge is 2.13. The number of rotatable bonds is 3. The molecule has 0 unspecified atom stereocenters. The molecule has 0 radical (unpaired) electrons. The van der Waals surface area contributed by atoms with E-state index in [1.54, 1.807) is 25.1 Å². The van der Waals surface area contributed by atoms with Gasteiger partial charge in [0, 0.05) is 6.07 Å². The van der Waals surface area contributed by atoms with Crippen LogP contribution < -0.4 is 10.2 Å². The molecule has 0 N–H and O–H groups in total. The number of carbonyl (C=O) groups excluding carboxylic acids is 1. The Hall–Kier alpha value is -2.30. The maximum atomic E-state index is 11.9. The SMILES string of the molecule is CCOC(=O)c1cc(=O)c2cc(OC)ccc2o1. The number of benzene rings is 1. The van der Waals surface area contributed by atoms with E-state index in [4.69, 9.17) is 13.9 Å². The topological polar surface area (TPSA) is 65.7 Å². The third-order valence-electron chi connectivity index (χ3n) is 2.41. The standard InChI is InChI=1S/C13H12O5/c1-3-17-13(15)12-7-10(14)9-6-8(16-2)4-5-11(9)18-12/h4-7H,3H2,1-2H3. The molecule has 0 aliphatic rings. The van der Waals surface area contributed by atoms with Crippen LogP contribution in [0.25, 0.3) is 11.0 Å². The summed E-state index contributed by atoms with van der Waals surface area (Å²) in [6.07, 6.45) is 0. The van der Waals surface area contributed by atoms with Gasteiger partial charge in [0.2, 0.25) is 5.76 Å². The fraction of sp³-hybridized carbons (Fsp3) is 0.231. The molecule has 18 heavy (non-hydrogen) atoms. The van der Waals surface area contributed by atoms with Crippen LogP contribution in [-0.2, 0) is 4.74 Å². The number of methoxy groups -OCH3 is 1. The normalized spacial score (nSPS) is 10.3. The minimum atomic E-state index is -0.646. The average molecular weight is 248 g/mol. The molecule has 5 nitrogen and oxygen atoms in total. The highest BCUT2D eigenvalue weighted by Crippen LogP contribution is 2.19. The van der Waals surface area contributed by atoms with E-state index in [1.165, 1.54) is 7.11 Å². The van der Waals surface area contributed by atoms with Crippen molar-refractivity contribution >= 4 is 16.9 Å². The second-order valence-corrected chi connectivity index (χ2v) is 3.56. The van der Waals surface area contributed by atoms with Crippen LogP contribution in [0.4, 0.5) is 0 Å². The van der Waals surface area contributed by atoms with E-state index in [1.807, 2.05) is 0 Å². The fourth-order valence-electron chi connectivity index (χ4n) is 1.57. The van der Waals surface area contributed by atoms with E-state index in [2.05, 4.69) is 0 Å². The van der Waals surface area contributed by atoms with Crippen LogP contribution >= 0.6 is 0 Å². The molecule has 5 heteroatoms. The fourth-order valence-corrected chi connectivity index (χ4v) is 1.57. The predicted octanol–water partition coefficient (Wildman–Crippen LogP) is 1.98. The molecule has 0 spiro atoms. The van der Waals surface area contributed by atoms with Crippen LogP contribution in [0, 0.1) is 0 Å². The van der Waals surface area contributed by atoms with Crippen molar-refractivity contribution in [2.24, 2.45) is 0 Å². The van der Waals surface area contributed by atoms with Gasteiger partial charge in [-0.25, -0.2) is 4.79 Å². The zero-order valence-electron chi connectivity index (χ0n) is 10.1. The molecule has 0 fully saturated rings. The number of carbonyl (C=O) groups is 1. The number of hydrogen-bond donors (Lipinski definition) is 0. The first-order valence-electron chi connectivity index (χ1n) is 5.44. The van der Waals surface area contributed by atoms with E-state index >= 15 is 0 Å². The highest BCUT2D eigenvalue weighted by atomic mass is 16.5. The molecular formula is C13H12O5. The Bertz CT molecular complexity index is 641. The van der Waals surface area contributed by atoms with Crippen molar-refractivity contribution in [3.63, 3.8) is 0 Å². The summed E-state index contributed by atoms with van der Waals surface area (Å²) < 4.78 is 15.1. The van der Waals surface area contributed by atoms with Crippen LogP contribution in [0.15, 0.2) is 33.5 Å². The Morgan fingerprint density at radius 3 is 2.78 bits per heavy atom. The third kappa shape index (κ3) is 2.20. The molecule has 94 valence electrons. The first-order chi connectivity index (χ1) is 8.65. The molecule has 0 aliphatic heterocycles. The molecule has 0 saturated heterocycles. The van der Waals surface area contributed by atoms with Crippen molar-refractivity contribution in [3.05, 3.63) is 40.2 Å². The van der Waals surface area contributed by atoms with Crippen molar-refractivity contribution in [2.45, 2.75) is 6.92 Å². The maximum absolute atomic E-state index is 11.9. The molecule has 0 aliphatic carbocycles. The number of fused-ring (bicyclic) bond motifs is 1. The van der Waals surface area contributed by atoms with Crippen LogP contribution in [0.5, 0.6) is 5.75 Å². The van der Waals surface area contributed by atoms with Gasteiger partial charge in [-0.05, 0) is 25.1 Å². The maximum Gasteiger partial charge on any atom is 0.374 e. The smallest absolute Gasteiger partial charge is 0.374 e. The molecule has 1 aromatic heterocycles. The Kier molecular flexibility index (Phi) is 3.32. The Morgan fingerprint density at radius 2 is 2.11 bits per heavy atom. The van der Waals surface area contributed by atoms with Crippen molar-refractivity contribution in [2.75, 3.05) is 13.7 Å². The van der Waals surface area contributed by atoms with Crippen LogP contribution in [0.3, 0.4) is 0 Å². The molecule has 1 heterocycles. The number of ether oxygens (including phenoxy) is 2. The van der Waals surface area contributed by atoms with Gasteiger partial charge in [-0.2, -0.15) is 0 Å². The van der Waals surface area contributed by atoms with Gasteiger partial charge in [-0.15, -0.1) is 0 Å². The Morgan fingerprint density at radius 1 is 1.33 bits per heavy atom. The van der Waals surface area contributed by atoms with Crippen molar-refractivity contribution in [1.29, 1.82) is 0 Å². The van der Waals surface area contributed by atoms with Crippen molar-refractivity contribution in [1.82, 2.24) is 0 Å². The van der Waals surface area contributed by atoms with Crippen LogP contribution in [-0.4, -0.2) is 19.7 Å². The molecule has 2 aromatic rings. The van der Waals surface area contributed by atoms with Gasteiger partial charge in [0.1, 0.15) is 11.3 Å². The summed E-state index contributed by atoms with van der Waals surface area (Å²) in [5.41, 5.74) is 0.0181. The van der Waals surface area contributed by atoms with E-state index in [0.29, 0.717) is 16.7 Å². The second-order valence-electron chi connectivity index (χ2n) is 3.56. The lowest BCUT2D eigenvalue weighted by atomic mass is 10.2. The lowest BCUT2D eigenvalue weighted by molar-refractivity contribution is 0.0490.